The molecule has 112 valence electrons. The lowest BCUT2D eigenvalue weighted by Crippen LogP contribution is -2.33. The van der Waals surface area contributed by atoms with Gasteiger partial charge in [0.15, 0.2) is 5.76 Å². The van der Waals surface area contributed by atoms with Gasteiger partial charge in [-0.3, -0.25) is 9.59 Å². The summed E-state index contributed by atoms with van der Waals surface area (Å²) in [5.41, 5.74) is 0. The molecule has 0 saturated heterocycles. The first-order chi connectivity index (χ1) is 9.63. The molecule has 0 fully saturated rings. The summed E-state index contributed by atoms with van der Waals surface area (Å²) >= 11 is 0. The molecular formula is C14H22N2O4. The number of carbonyl (C=O) groups is 2. The van der Waals surface area contributed by atoms with Crippen molar-refractivity contribution in [2.24, 2.45) is 0 Å². The highest BCUT2D eigenvalue weighted by Gasteiger charge is 2.09. The topological polar surface area (TPSA) is 91.6 Å². The highest BCUT2D eigenvalue weighted by atomic mass is 16.3. The molecule has 0 bridgehead atoms. The molecular weight excluding hydrogens is 260 g/mol. The average molecular weight is 282 g/mol. The maximum atomic E-state index is 11.6. The monoisotopic (exact) mass is 282 g/mol. The molecule has 1 heterocycles. The van der Waals surface area contributed by atoms with Gasteiger partial charge < -0.3 is 20.2 Å². The van der Waals surface area contributed by atoms with Crippen LogP contribution in [0.25, 0.3) is 0 Å². The highest BCUT2D eigenvalue weighted by molar-refractivity contribution is 5.91. The summed E-state index contributed by atoms with van der Waals surface area (Å²) in [6.45, 7) is 2.48. The number of rotatable bonds is 9. The summed E-state index contributed by atoms with van der Waals surface area (Å²) in [6, 6.07) is 3.30. The summed E-state index contributed by atoms with van der Waals surface area (Å²) < 4.78 is 4.95. The second-order valence-electron chi connectivity index (χ2n) is 4.67. The van der Waals surface area contributed by atoms with Crippen LogP contribution in [0.5, 0.6) is 0 Å². The number of aliphatic hydroxyl groups excluding tert-OH is 1. The Balaban J connectivity index is 2.08. The summed E-state index contributed by atoms with van der Waals surface area (Å²) in [5.74, 6) is -0.0403. The Bertz CT molecular complexity index is 403. The number of nitrogens with one attached hydrogen (secondary N) is 2. The third-order valence-electron chi connectivity index (χ3n) is 2.81. The van der Waals surface area contributed by atoms with Gasteiger partial charge in [-0.2, -0.15) is 0 Å². The van der Waals surface area contributed by atoms with Crippen molar-refractivity contribution in [2.45, 2.75) is 38.6 Å². The van der Waals surface area contributed by atoms with Crippen LogP contribution >= 0.6 is 0 Å². The number of hydrogen-bond acceptors (Lipinski definition) is 4. The molecule has 3 N–H and O–H groups in total. The molecule has 0 aliphatic heterocycles. The maximum Gasteiger partial charge on any atom is 0.286 e. The van der Waals surface area contributed by atoms with Gasteiger partial charge in [-0.1, -0.05) is 0 Å². The van der Waals surface area contributed by atoms with Crippen LogP contribution in [0.15, 0.2) is 22.8 Å². The zero-order chi connectivity index (χ0) is 14.8. The average Bonchev–Trinajstić information content (AvgIpc) is 2.95. The smallest absolute Gasteiger partial charge is 0.286 e. The predicted octanol–water partition coefficient (Wildman–Crippen LogP) is 1.07. The number of carbonyl (C=O) groups excluding carboxylic acids is 2. The maximum absolute atomic E-state index is 11.6. The van der Waals surface area contributed by atoms with Gasteiger partial charge in [0.2, 0.25) is 5.91 Å². The molecule has 1 aromatic rings. The van der Waals surface area contributed by atoms with Gasteiger partial charge >= 0.3 is 0 Å². The summed E-state index contributed by atoms with van der Waals surface area (Å²) in [6.07, 6.45) is 3.82. The standard InChI is InChI=1S/C14H22N2O4/c1-11(5-3-9-17)16-13(18)7-2-8-15-14(19)12-6-4-10-20-12/h4,6,10-11,17H,2-3,5,7-9H2,1H3,(H,15,19)(H,16,18). The fourth-order valence-corrected chi connectivity index (χ4v) is 1.76. The molecule has 1 rings (SSSR count). The molecule has 1 atom stereocenters. The van der Waals surface area contributed by atoms with Crippen LogP contribution in [0, 0.1) is 0 Å². The molecule has 0 aromatic carbocycles. The lowest BCUT2D eigenvalue weighted by molar-refractivity contribution is -0.121. The molecule has 1 aromatic heterocycles. The normalized spacial score (nSPS) is 11.9. The zero-order valence-electron chi connectivity index (χ0n) is 11.7. The van der Waals surface area contributed by atoms with Crippen molar-refractivity contribution in [3.05, 3.63) is 24.2 Å². The minimum Gasteiger partial charge on any atom is -0.459 e. The Labute approximate surface area is 118 Å². The largest absolute Gasteiger partial charge is 0.459 e. The first-order valence-electron chi connectivity index (χ1n) is 6.85. The Morgan fingerprint density at radius 1 is 1.40 bits per heavy atom. The van der Waals surface area contributed by atoms with Gasteiger partial charge in [0.1, 0.15) is 0 Å². The molecule has 0 aliphatic rings. The van der Waals surface area contributed by atoms with Crippen molar-refractivity contribution in [1.82, 2.24) is 10.6 Å². The van der Waals surface area contributed by atoms with Gasteiger partial charge in [-0.25, -0.2) is 0 Å². The van der Waals surface area contributed by atoms with Crippen LogP contribution < -0.4 is 10.6 Å². The molecule has 2 amide bonds. The molecule has 1 unspecified atom stereocenters. The quantitative estimate of drug-likeness (QED) is 0.591. The molecule has 6 nitrogen and oxygen atoms in total. The number of amides is 2. The first kappa shape index (κ1) is 16.2. The Hall–Kier alpha value is -1.82. The number of hydrogen-bond donors (Lipinski definition) is 3. The second kappa shape index (κ2) is 9.14. The van der Waals surface area contributed by atoms with E-state index >= 15 is 0 Å². The van der Waals surface area contributed by atoms with E-state index in [4.69, 9.17) is 9.52 Å². The van der Waals surface area contributed by atoms with Crippen molar-refractivity contribution in [1.29, 1.82) is 0 Å². The van der Waals surface area contributed by atoms with E-state index in [0.717, 1.165) is 6.42 Å². The second-order valence-corrected chi connectivity index (χ2v) is 4.67. The minimum atomic E-state index is -0.272. The van der Waals surface area contributed by atoms with E-state index < -0.39 is 0 Å². The van der Waals surface area contributed by atoms with Crippen LogP contribution in [0.4, 0.5) is 0 Å². The Morgan fingerprint density at radius 3 is 2.85 bits per heavy atom. The predicted molar refractivity (Wildman–Crippen MR) is 74.2 cm³/mol. The molecule has 0 saturated carbocycles. The van der Waals surface area contributed by atoms with Crippen LogP contribution in [0.3, 0.4) is 0 Å². The van der Waals surface area contributed by atoms with Gasteiger partial charge in [0.05, 0.1) is 6.26 Å². The molecule has 0 spiro atoms. The van der Waals surface area contributed by atoms with Crippen molar-refractivity contribution < 1.29 is 19.1 Å². The van der Waals surface area contributed by atoms with E-state index in [-0.39, 0.29) is 30.2 Å². The van der Waals surface area contributed by atoms with E-state index in [1.54, 1.807) is 12.1 Å². The minimum absolute atomic E-state index is 0.0392. The van der Waals surface area contributed by atoms with Crippen LogP contribution in [-0.4, -0.2) is 36.1 Å². The van der Waals surface area contributed by atoms with E-state index in [0.29, 0.717) is 25.8 Å². The lowest BCUT2D eigenvalue weighted by atomic mass is 10.2. The molecule has 6 heteroatoms. The highest BCUT2D eigenvalue weighted by Crippen LogP contribution is 2.00. The Morgan fingerprint density at radius 2 is 2.20 bits per heavy atom. The van der Waals surface area contributed by atoms with Gasteiger partial charge in [-0.15, -0.1) is 0 Å². The van der Waals surface area contributed by atoms with Crippen LogP contribution in [0.2, 0.25) is 0 Å². The lowest BCUT2D eigenvalue weighted by Gasteiger charge is -2.13. The van der Waals surface area contributed by atoms with Crippen molar-refractivity contribution in [2.75, 3.05) is 13.2 Å². The molecule has 0 aliphatic carbocycles. The Kier molecular flexibility index (Phi) is 7.42. The third-order valence-corrected chi connectivity index (χ3v) is 2.81. The van der Waals surface area contributed by atoms with Crippen LogP contribution in [0.1, 0.15) is 43.2 Å². The fraction of sp³-hybridized carbons (Fsp3) is 0.571. The zero-order valence-corrected chi connectivity index (χ0v) is 11.7. The summed E-state index contributed by atoms with van der Waals surface area (Å²) in [7, 11) is 0. The van der Waals surface area contributed by atoms with Gasteiger partial charge in [0, 0.05) is 25.6 Å². The first-order valence-corrected chi connectivity index (χ1v) is 6.85. The van der Waals surface area contributed by atoms with Crippen molar-refractivity contribution in [3.8, 4) is 0 Å². The van der Waals surface area contributed by atoms with Crippen molar-refractivity contribution in [3.63, 3.8) is 0 Å². The van der Waals surface area contributed by atoms with E-state index in [2.05, 4.69) is 10.6 Å². The summed E-state index contributed by atoms with van der Waals surface area (Å²) in [5, 5.41) is 14.2. The molecule has 20 heavy (non-hydrogen) atoms. The summed E-state index contributed by atoms with van der Waals surface area (Å²) in [4.78, 5) is 23.1. The van der Waals surface area contributed by atoms with E-state index in [1.165, 1.54) is 6.26 Å². The van der Waals surface area contributed by atoms with E-state index in [1.807, 2.05) is 6.92 Å². The SMILES string of the molecule is CC(CCCO)NC(=O)CCCNC(=O)c1ccco1. The van der Waals surface area contributed by atoms with E-state index in [9.17, 15) is 9.59 Å². The van der Waals surface area contributed by atoms with Gasteiger partial charge in [-0.05, 0) is 38.3 Å². The number of furan rings is 1. The van der Waals surface area contributed by atoms with Crippen LogP contribution in [-0.2, 0) is 4.79 Å². The van der Waals surface area contributed by atoms with Gasteiger partial charge in [0.25, 0.3) is 5.91 Å². The third kappa shape index (κ3) is 6.38. The van der Waals surface area contributed by atoms with Crippen molar-refractivity contribution >= 4 is 11.8 Å². The number of aliphatic hydroxyl groups is 1. The fourth-order valence-electron chi connectivity index (χ4n) is 1.76. The molecule has 0 radical (unpaired) electrons.